The molecule has 4 aromatic rings. The number of carboxylic acid groups (broad SMARTS) is 1. The monoisotopic (exact) mass is 740 g/mol. The van der Waals surface area contributed by atoms with Crippen LogP contribution in [0.25, 0.3) is 0 Å². The van der Waals surface area contributed by atoms with Gasteiger partial charge in [-0.2, -0.15) is 0 Å². The molecule has 16 heteroatoms. The molecule has 0 saturated heterocycles. The van der Waals surface area contributed by atoms with Crippen molar-refractivity contribution >= 4 is 63.9 Å². The largest absolute Gasteiger partial charge is 0.504 e. The van der Waals surface area contributed by atoms with Gasteiger partial charge in [0.15, 0.2) is 41.2 Å². The van der Waals surface area contributed by atoms with Gasteiger partial charge in [-0.05, 0) is 24.3 Å². The van der Waals surface area contributed by atoms with E-state index < -0.39 is 12.6 Å². The molecule has 48 heavy (non-hydrogen) atoms. The van der Waals surface area contributed by atoms with Gasteiger partial charge in [-0.25, -0.2) is 4.79 Å². The number of ketones is 2. The zero-order chi connectivity index (χ0) is 35.5. The van der Waals surface area contributed by atoms with Crippen molar-refractivity contribution in [1.82, 2.24) is 9.97 Å². The molecule has 0 aliphatic rings. The molecular formula is C32H28Cl4N2O10. The molecule has 0 unspecified atom stereocenters. The van der Waals surface area contributed by atoms with Gasteiger partial charge in [-0.15, -0.1) is 0 Å². The van der Waals surface area contributed by atoms with Crippen molar-refractivity contribution in [2.75, 3.05) is 35.0 Å². The lowest BCUT2D eigenvalue weighted by atomic mass is 10.0. The molecule has 0 aliphatic carbocycles. The van der Waals surface area contributed by atoms with E-state index in [0.29, 0.717) is 32.7 Å². The number of hydrogen-bond acceptors (Lipinski definition) is 11. The number of phenols is 1. The Morgan fingerprint density at radius 1 is 0.625 bits per heavy atom. The van der Waals surface area contributed by atoms with Gasteiger partial charge >= 0.3 is 5.97 Å². The minimum atomic E-state index is -1.20. The molecule has 2 N–H and O–H groups in total. The Bertz CT molecular complexity index is 1780. The third-order valence-corrected chi connectivity index (χ3v) is 7.84. The molecule has 254 valence electrons. The molecule has 0 radical (unpaired) electrons. The van der Waals surface area contributed by atoms with Gasteiger partial charge in [0.25, 0.3) is 0 Å². The number of aromatic hydroxyl groups is 1. The molecular weight excluding hydrogens is 714 g/mol. The van der Waals surface area contributed by atoms with E-state index in [4.69, 9.17) is 75.2 Å². The Kier molecular flexibility index (Phi) is 13.9. The first-order chi connectivity index (χ1) is 22.9. The van der Waals surface area contributed by atoms with E-state index in [1.54, 1.807) is 6.07 Å². The first kappa shape index (κ1) is 38.0. The summed E-state index contributed by atoms with van der Waals surface area (Å²) in [7, 11) is 5.59. The molecule has 0 spiro atoms. The lowest BCUT2D eigenvalue weighted by molar-refractivity contribution is -0.139. The van der Waals surface area contributed by atoms with Crippen LogP contribution in [-0.4, -0.2) is 72.8 Å². The van der Waals surface area contributed by atoms with Gasteiger partial charge in [-0.3, -0.25) is 19.6 Å². The average molecular weight is 742 g/mol. The Morgan fingerprint density at radius 3 is 1.46 bits per heavy atom. The average Bonchev–Trinajstić information content (AvgIpc) is 3.06. The Balaban J connectivity index is 0.000000264. The Hall–Kier alpha value is -4.49. The molecule has 0 atom stereocenters. The topological polar surface area (TPSA) is 164 Å². The molecule has 4 rings (SSSR count). The van der Waals surface area contributed by atoms with E-state index in [2.05, 4.69) is 9.97 Å². The molecule has 0 saturated carbocycles. The fourth-order valence-corrected chi connectivity index (χ4v) is 5.25. The van der Waals surface area contributed by atoms with Crippen molar-refractivity contribution in [2.45, 2.75) is 12.8 Å². The predicted octanol–water partition coefficient (Wildman–Crippen LogP) is 6.83. The highest BCUT2D eigenvalue weighted by Crippen LogP contribution is 2.41. The number of aliphatic carboxylic acids is 1. The zero-order valence-corrected chi connectivity index (χ0v) is 28.8. The van der Waals surface area contributed by atoms with Gasteiger partial charge in [0, 0.05) is 48.8 Å². The lowest BCUT2D eigenvalue weighted by Gasteiger charge is -2.16. The van der Waals surface area contributed by atoms with Crippen LogP contribution in [0.2, 0.25) is 20.1 Å². The van der Waals surface area contributed by atoms with Crippen LogP contribution in [-0.2, 0) is 17.6 Å². The fraction of sp³-hybridized carbons (Fsp3) is 0.219. The molecule has 12 nitrogen and oxygen atoms in total. The number of halogens is 4. The summed E-state index contributed by atoms with van der Waals surface area (Å²) < 4.78 is 25.8. The van der Waals surface area contributed by atoms with Crippen LogP contribution in [0.5, 0.6) is 34.5 Å². The van der Waals surface area contributed by atoms with Crippen molar-refractivity contribution < 1.29 is 48.3 Å². The maximum atomic E-state index is 12.8. The zero-order valence-electron chi connectivity index (χ0n) is 25.8. The van der Waals surface area contributed by atoms with Gasteiger partial charge in [-0.1, -0.05) is 46.4 Å². The number of ether oxygens (including phenoxy) is 5. The van der Waals surface area contributed by atoms with Crippen molar-refractivity contribution in [3.05, 3.63) is 91.4 Å². The third-order valence-electron chi connectivity index (χ3n) is 6.54. The quantitative estimate of drug-likeness (QED) is 0.138. The molecule has 0 bridgehead atoms. The Labute approximate surface area is 295 Å². The molecule has 2 aromatic heterocycles. The van der Waals surface area contributed by atoms with Crippen molar-refractivity contribution in [1.29, 1.82) is 0 Å². The smallest absolute Gasteiger partial charge is 0.341 e. The molecule has 0 fully saturated rings. The molecule has 2 aromatic carbocycles. The second kappa shape index (κ2) is 17.6. The van der Waals surface area contributed by atoms with Crippen LogP contribution < -0.4 is 23.7 Å². The van der Waals surface area contributed by atoms with E-state index in [0.717, 1.165) is 0 Å². The van der Waals surface area contributed by atoms with Crippen LogP contribution in [0.4, 0.5) is 0 Å². The van der Waals surface area contributed by atoms with Gasteiger partial charge in [0.2, 0.25) is 11.5 Å². The van der Waals surface area contributed by atoms with Crippen LogP contribution in [0.1, 0.15) is 31.8 Å². The minimum Gasteiger partial charge on any atom is -0.504 e. The summed E-state index contributed by atoms with van der Waals surface area (Å²) in [5.74, 6) is -1.41. The van der Waals surface area contributed by atoms with Gasteiger partial charge in [0.05, 0.1) is 59.7 Å². The summed E-state index contributed by atoms with van der Waals surface area (Å²) in [6, 6.07) is 5.99. The van der Waals surface area contributed by atoms with Crippen molar-refractivity contribution in [2.24, 2.45) is 0 Å². The Morgan fingerprint density at radius 2 is 1.04 bits per heavy atom. The normalized spacial score (nSPS) is 10.3. The number of pyridine rings is 2. The first-order valence-electron chi connectivity index (χ1n) is 13.5. The van der Waals surface area contributed by atoms with E-state index >= 15 is 0 Å². The molecule has 0 aliphatic heterocycles. The summed E-state index contributed by atoms with van der Waals surface area (Å²) >= 11 is 24.1. The highest BCUT2D eigenvalue weighted by atomic mass is 35.5. The number of carbonyl (C=O) groups is 3. The number of hydrogen-bond donors (Lipinski definition) is 2. The van der Waals surface area contributed by atoms with E-state index in [1.165, 1.54) is 71.4 Å². The second-order valence-electron chi connectivity index (χ2n) is 9.42. The standard InChI is InChI=1S/C17H15Cl2NO6.C15H13Cl2NO4/c1-24-14-4-3-9(16(17(14)25-2)26-8-15(22)23)13(21)5-10-11(18)6-20-7-12(10)19;1-21-13-4-3-8(14(20)15(13)22-2)12(19)5-9-10(16)6-18-7-11(9)17/h3-4,6-7H,5,8H2,1-2H3,(H,22,23);3-4,6-7,20H,5H2,1-2H3. The minimum absolute atomic E-state index is 0.0273. The highest BCUT2D eigenvalue weighted by Gasteiger charge is 2.24. The van der Waals surface area contributed by atoms with E-state index in [1.807, 2.05) is 0 Å². The molecule has 2 heterocycles. The maximum absolute atomic E-state index is 12.8. The number of aromatic nitrogens is 2. The van der Waals surface area contributed by atoms with Crippen LogP contribution in [0.3, 0.4) is 0 Å². The summed E-state index contributed by atoms with van der Waals surface area (Å²) in [6.45, 7) is -0.652. The summed E-state index contributed by atoms with van der Waals surface area (Å²) in [5, 5.41) is 20.1. The van der Waals surface area contributed by atoms with Crippen molar-refractivity contribution in [3.63, 3.8) is 0 Å². The number of rotatable bonds is 13. The number of carbonyl (C=O) groups excluding carboxylic acids is 2. The number of methoxy groups -OCH3 is 4. The lowest BCUT2D eigenvalue weighted by Crippen LogP contribution is -2.14. The molecule has 0 amide bonds. The van der Waals surface area contributed by atoms with Gasteiger partial charge < -0.3 is 33.9 Å². The maximum Gasteiger partial charge on any atom is 0.341 e. The van der Waals surface area contributed by atoms with Crippen LogP contribution in [0.15, 0.2) is 49.1 Å². The van der Waals surface area contributed by atoms with Crippen LogP contribution in [0, 0.1) is 0 Å². The number of benzene rings is 2. The van der Waals surface area contributed by atoms with Gasteiger partial charge in [0.1, 0.15) is 0 Å². The third kappa shape index (κ3) is 9.10. The number of carboxylic acids is 1. The first-order valence-corrected chi connectivity index (χ1v) is 15.0. The summed E-state index contributed by atoms with van der Waals surface area (Å²) in [5.41, 5.74) is 1.08. The summed E-state index contributed by atoms with van der Waals surface area (Å²) in [6.07, 6.45) is 5.39. The predicted molar refractivity (Wildman–Crippen MR) is 178 cm³/mol. The van der Waals surface area contributed by atoms with Crippen LogP contribution >= 0.6 is 46.4 Å². The summed E-state index contributed by atoms with van der Waals surface area (Å²) in [4.78, 5) is 43.7. The highest BCUT2D eigenvalue weighted by molar-refractivity contribution is 6.36. The number of nitrogens with zero attached hydrogens (tertiary/aromatic N) is 2. The van der Waals surface area contributed by atoms with Crippen molar-refractivity contribution in [3.8, 4) is 34.5 Å². The van der Waals surface area contributed by atoms with E-state index in [9.17, 15) is 19.5 Å². The SMILES string of the molecule is COc1ccc(C(=O)Cc2c(Cl)cncc2Cl)c(O)c1OC.COc1ccc(C(=O)Cc2c(Cl)cncc2Cl)c(OCC(=O)O)c1OC. The fourth-order valence-electron chi connectivity index (χ4n) is 4.26. The number of Topliss-reactive ketones (excluding diaryl/α,β-unsaturated/α-hetero) is 2. The second-order valence-corrected chi connectivity index (χ2v) is 11.0. The number of phenolic OH excluding ortho intramolecular Hbond substituents is 1. The van der Waals surface area contributed by atoms with E-state index in [-0.39, 0.29) is 68.6 Å².